The summed E-state index contributed by atoms with van der Waals surface area (Å²) < 4.78 is 5.12. The van der Waals surface area contributed by atoms with Crippen molar-refractivity contribution in [2.75, 3.05) is 0 Å². The lowest BCUT2D eigenvalue weighted by molar-refractivity contribution is 0.828. The first kappa shape index (κ1) is 56.5. The van der Waals surface area contributed by atoms with Gasteiger partial charge >= 0.3 is 0 Å². The van der Waals surface area contributed by atoms with E-state index in [1.165, 1.54) is 153 Å². The molecule has 2 aromatic heterocycles. The lowest BCUT2D eigenvalue weighted by Gasteiger charge is -2.14. The third-order valence-corrected chi connectivity index (χ3v) is 15.9. The van der Waals surface area contributed by atoms with Crippen LogP contribution >= 0.6 is 0 Å². The molecule has 80 heavy (non-hydrogen) atoms. The van der Waals surface area contributed by atoms with Gasteiger partial charge in [0.2, 0.25) is 0 Å². The zero-order valence-corrected chi connectivity index (χ0v) is 50.2. The predicted octanol–water partition coefficient (Wildman–Crippen LogP) is 23.8. The Kier molecular flexibility index (Phi) is 17.6. The maximum atomic E-state index is 2.57. The van der Waals surface area contributed by atoms with Crippen molar-refractivity contribution in [1.29, 1.82) is 0 Å². The highest BCUT2D eigenvalue weighted by atomic mass is 15.0. The molecular weight excluding hydrogens is 965 g/mol. The molecule has 12 aromatic carbocycles. The van der Waals surface area contributed by atoms with E-state index in [9.17, 15) is 0 Å². The molecule has 0 amide bonds. The highest BCUT2D eigenvalue weighted by Gasteiger charge is 2.31. The second kappa shape index (κ2) is 24.9. The second-order valence-corrected chi connectivity index (χ2v) is 19.1. The van der Waals surface area contributed by atoms with Gasteiger partial charge in [-0.3, -0.25) is 0 Å². The molecule has 2 nitrogen and oxygen atoms in total. The standard InChI is InChI=1S/2C33H23N.6C2H6/c1-2-34-28-18-17-21-10-4-6-12-24(21)30(28)31-26-14-8-7-13-25(26)27-19-22-16-15-20-9-3-5-11-23(20)29(22)32(27)33(31)34;1-2-34-29-18-16-20-9-3-4-10-22(20)31(29)27-17-15-21-19-28-25-13-6-5-11-23(25)24-12-7-8-14-26(24)32(28)30(21)33(27)34;6*1-2/h2*3-18H,2,19H2,1H3;6*1-2H3. The topological polar surface area (TPSA) is 9.86 Å². The van der Waals surface area contributed by atoms with Gasteiger partial charge in [-0.15, -0.1) is 0 Å². The van der Waals surface area contributed by atoms with Gasteiger partial charge in [-0.25, -0.2) is 0 Å². The van der Waals surface area contributed by atoms with Crippen LogP contribution in [-0.4, -0.2) is 9.13 Å². The fraction of sp³-hybridized carbons (Fsp3) is 0.231. The van der Waals surface area contributed by atoms with E-state index in [1.54, 1.807) is 0 Å². The maximum Gasteiger partial charge on any atom is 0.0580 e. The van der Waals surface area contributed by atoms with E-state index >= 15 is 0 Å². The summed E-state index contributed by atoms with van der Waals surface area (Å²) in [5, 5.41) is 21.8. The molecule has 0 unspecified atom stereocenters. The van der Waals surface area contributed by atoms with E-state index in [0.29, 0.717) is 0 Å². The van der Waals surface area contributed by atoms with Crippen molar-refractivity contribution in [3.05, 3.63) is 216 Å². The number of benzene rings is 12. The molecule has 0 bridgehead atoms. The monoisotopic (exact) mass is 1050 g/mol. The van der Waals surface area contributed by atoms with Crippen molar-refractivity contribution in [1.82, 2.24) is 9.13 Å². The number of aryl methyl sites for hydroxylation is 2. The summed E-state index contributed by atoms with van der Waals surface area (Å²) in [5.41, 5.74) is 17.1. The van der Waals surface area contributed by atoms with Crippen molar-refractivity contribution in [2.24, 2.45) is 0 Å². The number of nitrogens with zero attached hydrogens (tertiary/aromatic N) is 2. The predicted molar refractivity (Wildman–Crippen MR) is 360 cm³/mol. The zero-order valence-electron chi connectivity index (χ0n) is 50.2. The van der Waals surface area contributed by atoms with Crippen LogP contribution in [0.25, 0.3) is 131 Å². The molecule has 0 N–H and O–H groups in total. The Morgan fingerprint density at radius 2 is 0.637 bits per heavy atom. The zero-order chi connectivity index (χ0) is 56.8. The molecule has 0 aliphatic heterocycles. The number of hydrogen-bond donors (Lipinski definition) is 0. The minimum absolute atomic E-state index is 0.948. The van der Waals surface area contributed by atoms with Crippen molar-refractivity contribution in [3.8, 4) is 22.3 Å². The smallest absolute Gasteiger partial charge is 0.0580 e. The normalized spacial score (nSPS) is 11.4. The summed E-state index contributed by atoms with van der Waals surface area (Å²) in [6, 6.07) is 72.2. The second-order valence-electron chi connectivity index (χ2n) is 19.1. The first-order valence-corrected chi connectivity index (χ1v) is 30.5. The fourth-order valence-corrected chi connectivity index (χ4v) is 13.2. The van der Waals surface area contributed by atoms with E-state index in [0.717, 1.165) is 25.9 Å². The van der Waals surface area contributed by atoms with Crippen LogP contribution in [0.5, 0.6) is 0 Å². The Hall–Kier alpha value is -8.20. The van der Waals surface area contributed by atoms with Crippen LogP contribution in [0.4, 0.5) is 0 Å². The SMILES string of the molecule is CC.CC.CC.CC.CC.CC.CCn1c2ccc3ccccc3c2c2c3ccccc3c3c(c21)-c1c(ccc2ccccc12)C3.CCn1c2ccc3ccccc3c2c2ccc3c(c21)-c1c(c2ccccc2c2ccccc12)C3. The van der Waals surface area contributed by atoms with Gasteiger partial charge in [-0.1, -0.05) is 265 Å². The van der Waals surface area contributed by atoms with Crippen molar-refractivity contribution < 1.29 is 0 Å². The van der Waals surface area contributed by atoms with Gasteiger partial charge in [0.25, 0.3) is 0 Å². The first-order chi connectivity index (χ1) is 39.7. The van der Waals surface area contributed by atoms with Crippen molar-refractivity contribution >= 4 is 108 Å². The molecular formula is C78H82N2. The van der Waals surface area contributed by atoms with Gasteiger partial charge in [-0.2, -0.15) is 0 Å². The lowest BCUT2D eigenvalue weighted by atomic mass is 9.91. The van der Waals surface area contributed by atoms with Gasteiger partial charge in [0, 0.05) is 56.8 Å². The molecule has 2 aliphatic carbocycles. The minimum Gasteiger partial charge on any atom is -0.340 e. The molecule has 14 aromatic rings. The van der Waals surface area contributed by atoms with Gasteiger partial charge in [0.15, 0.2) is 0 Å². The number of fused-ring (bicyclic) bond motifs is 28. The molecule has 2 aliphatic rings. The molecule has 2 heterocycles. The van der Waals surface area contributed by atoms with Crippen LogP contribution in [0.3, 0.4) is 0 Å². The molecule has 0 spiro atoms. The summed E-state index contributed by atoms with van der Waals surface area (Å²) >= 11 is 0. The van der Waals surface area contributed by atoms with Gasteiger partial charge < -0.3 is 9.13 Å². The van der Waals surface area contributed by atoms with Crippen LogP contribution in [0.1, 0.15) is 119 Å². The number of hydrogen-bond acceptors (Lipinski definition) is 0. The average molecular weight is 1050 g/mol. The third kappa shape index (κ3) is 8.80. The minimum atomic E-state index is 0.948. The van der Waals surface area contributed by atoms with Gasteiger partial charge in [0.1, 0.15) is 0 Å². The maximum absolute atomic E-state index is 2.57. The summed E-state index contributed by atoms with van der Waals surface area (Å²) in [4.78, 5) is 0. The van der Waals surface area contributed by atoms with Crippen LogP contribution in [0.2, 0.25) is 0 Å². The summed E-state index contributed by atoms with van der Waals surface area (Å²) in [6.45, 7) is 30.5. The fourth-order valence-electron chi connectivity index (χ4n) is 13.2. The largest absolute Gasteiger partial charge is 0.340 e. The molecule has 0 atom stereocenters. The lowest BCUT2D eigenvalue weighted by Crippen LogP contribution is -1.96. The van der Waals surface area contributed by atoms with E-state index in [4.69, 9.17) is 0 Å². The molecule has 0 saturated carbocycles. The van der Waals surface area contributed by atoms with E-state index < -0.39 is 0 Å². The quantitative estimate of drug-likeness (QED) is 0.153. The van der Waals surface area contributed by atoms with Gasteiger partial charge in [0.05, 0.1) is 11.0 Å². The summed E-state index contributed by atoms with van der Waals surface area (Å²) in [7, 11) is 0. The molecule has 0 radical (unpaired) electrons. The van der Waals surface area contributed by atoms with Crippen LogP contribution in [-0.2, 0) is 25.9 Å². The molecule has 404 valence electrons. The molecule has 0 saturated heterocycles. The van der Waals surface area contributed by atoms with Crippen LogP contribution in [0.15, 0.2) is 194 Å². The highest BCUT2D eigenvalue weighted by molar-refractivity contribution is 6.33. The van der Waals surface area contributed by atoms with E-state index in [1.807, 2.05) is 83.1 Å². The molecule has 2 heteroatoms. The summed E-state index contributed by atoms with van der Waals surface area (Å²) in [6.07, 6.45) is 2.00. The highest BCUT2D eigenvalue weighted by Crippen LogP contribution is 2.53. The Balaban J connectivity index is 0.000000164. The third-order valence-electron chi connectivity index (χ3n) is 15.9. The molecule has 16 rings (SSSR count). The summed E-state index contributed by atoms with van der Waals surface area (Å²) in [5.74, 6) is 0. The van der Waals surface area contributed by atoms with E-state index in [2.05, 4.69) is 217 Å². The Morgan fingerprint density at radius 1 is 0.263 bits per heavy atom. The molecule has 0 fully saturated rings. The Bertz CT molecular complexity index is 4520. The van der Waals surface area contributed by atoms with E-state index in [-0.39, 0.29) is 0 Å². The number of aromatic nitrogens is 2. The Morgan fingerprint density at radius 3 is 1.20 bits per heavy atom. The van der Waals surface area contributed by atoms with Crippen molar-refractivity contribution in [2.45, 2.75) is 123 Å². The van der Waals surface area contributed by atoms with Crippen LogP contribution in [0, 0.1) is 0 Å². The Labute approximate surface area is 476 Å². The first-order valence-electron chi connectivity index (χ1n) is 30.5. The van der Waals surface area contributed by atoms with Crippen molar-refractivity contribution in [3.63, 3.8) is 0 Å². The van der Waals surface area contributed by atoms with Crippen LogP contribution < -0.4 is 0 Å². The average Bonchev–Trinajstić information content (AvgIpc) is 4.35. The number of rotatable bonds is 2. The van der Waals surface area contributed by atoms with Gasteiger partial charge in [-0.05, 0) is 137 Å².